The van der Waals surface area contributed by atoms with Crippen molar-refractivity contribution in [2.75, 3.05) is 5.32 Å². The Bertz CT molecular complexity index is 1530. The Morgan fingerprint density at radius 1 is 0.639 bits per heavy atom. The first kappa shape index (κ1) is 22.7. The number of Topliss-reactive ketones (excluding diaryl/α,β-unsaturated/α-hetero) is 1. The SMILES string of the molecule is O=C(Nc1ccccc1)C(=O)c1c(C(=O)c2ccccc2)nn(-c2ccccc2)c1-c1ccccc1. The smallest absolute Gasteiger partial charge is 0.296 e. The Hall–Kier alpha value is -5.10. The summed E-state index contributed by atoms with van der Waals surface area (Å²) in [6.07, 6.45) is 0. The molecule has 0 saturated carbocycles. The lowest BCUT2D eigenvalue weighted by Gasteiger charge is -2.10. The maximum absolute atomic E-state index is 13.7. The van der Waals surface area contributed by atoms with Crippen LogP contribution >= 0.6 is 0 Å². The molecule has 1 heterocycles. The van der Waals surface area contributed by atoms with Crippen LogP contribution in [0.25, 0.3) is 16.9 Å². The van der Waals surface area contributed by atoms with E-state index in [-0.39, 0.29) is 11.3 Å². The fraction of sp³-hybridized carbons (Fsp3) is 0. The summed E-state index contributed by atoms with van der Waals surface area (Å²) in [5.41, 5.74) is 2.38. The van der Waals surface area contributed by atoms with Gasteiger partial charge in [0.1, 0.15) is 5.69 Å². The zero-order valence-corrected chi connectivity index (χ0v) is 19.2. The number of rotatable bonds is 7. The summed E-state index contributed by atoms with van der Waals surface area (Å²) >= 11 is 0. The maximum Gasteiger partial charge on any atom is 0.296 e. The van der Waals surface area contributed by atoms with Gasteiger partial charge in [-0.15, -0.1) is 0 Å². The summed E-state index contributed by atoms with van der Waals surface area (Å²) in [5.74, 6) is -2.15. The highest BCUT2D eigenvalue weighted by Gasteiger charge is 2.33. The second-order valence-electron chi connectivity index (χ2n) is 8.03. The van der Waals surface area contributed by atoms with Crippen LogP contribution in [-0.2, 0) is 4.79 Å². The minimum absolute atomic E-state index is 0.0488. The van der Waals surface area contributed by atoms with E-state index < -0.39 is 17.5 Å². The van der Waals surface area contributed by atoms with E-state index in [0.29, 0.717) is 28.2 Å². The average molecular weight is 472 g/mol. The molecule has 0 aliphatic carbocycles. The average Bonchev–Trinajstić information content (AvgIpc) is 3.35. The van der Waals surface area contributed by atoms with E-state index in [1.165, 1.54) is 0 Å². The van der Waals surface area contributed by atoms with Gasteiger partial charge in [0, 0.05) is 16.8 Å². The number of benzene rings is 4. The van der Waals surface area contributed by atoms with Crippen molar-refractivity contribution in [2.45, 2.75) is 0 Å². The molecule has 36 heavy (non-hydrogen) atoms. The van der Waals surface area contributed by atoms with E-state index in [1.807, 2.05) is 66.7 Å². The number of aromatic nitrogens is 2. The van der Waals surface area contributed by atoms with E-state index >= 15 is 0 Å². The summed E-state index contributed by atoms with van der Waals surface area (Å²) in [6, 6.07) is 35.6. The summed E-state index contributed by atoms with van der Waals surface area (Å²) in [4.78, 5) is 40.5. The van der Waals surface area contributed by atoms with Gasteiger partial charge in [-0.2, -0.15) is 5.10 Å². The monoisotopic (exact) mass is 471 g/mol. The third-order valence-corrected chi connectivity index (χ3v) is 5.65. The van der Waals surface area contributed by atoms with Gasteiger partial charge < -0.3 is 5.32 Å². The van der Waals surface area contributed by atoms with Gasteiger partial charge in [-0.3, -0.25) is 14.4 Å². The highest BCUT2D eigenvalue weighted by Crippen LogP contribution is 2.31. The molecule has 0 radical (unpaired) electrons. The lowest BCUT2D eigenvalue weighted by Crippen LogP contribution is -2.25. The lowest BCUT2D eigenvalue weighted by molar-refractivity contribution is -0.112. The van der Waals surface area contributed by atoms with Gasteiger partial charge in [0.05, 0.1) is 16.9 Å². The number of hydrogen-bond donors (Lipinski definition) is 1. The summed E-state index contributed by atoms with van der Waals surface area (Å²) in [5, 5.41) is 7.25. The molecule has 1 aromatic heterocycles. The van der Waals surface area contributed by atoms with Gasteiger partial charge in [-0.1, -0.05) is 97.1 Å². The third-order valence-electron chi connectivity index (χ3n) is 5.65. The molecule has 0 unspecified atom stereocenters. The second kappa shape index (κ2) is 10.0. The van der Waals surface area contributed by atoms with E-state index in [1.54, 1.807) is 59.3 Å². The van der Waals surface area contributed by atoms with Gasteiger partial charge in [0.2, 0.25) is 5.78 Å². The number of hydrogen-bond acceptors (Lipinski definition) is 4. The summed E-state index contributed by atoms with van der Waals surface area (Å²) in [6.45, 7) is 0. The van der Waals surface area contributed by atoms with Gasteiger partial charge >= 0.3 is 0 Å². The maximum atomic E-state index is 13.7. The van der Waals surface area contributed by atoms with E-state index in [0.717, 1.165) is 0 Å². The molecular weight excluding hydrogens is 450 g/mol. The molecule has 0 fully saturated rings. The molecule has 0 aliphatic rings. The molecule has 4 aromatic carbocycles. The van der Waals surface area contributed by atoms with Gasteiger partial charge in [-0.25, -0.2) is 4.68 Å². The molecule has 6 heteroatoms. The van der Waals surface area contributed by atoms with Crippen LogP contribution in [0.2, 0.25) is 0 Å². The minimum Gasteiger partial charge on any atom is -0.319 e. The van der Waals surface area contributed by atoms with Crippen molar-refractivity contribution in [3.8, 4) is 16.9 Å². The predicted molar refractivity (Wildman–Crippen MR) is 138 cm³/mol. The van der Waals surface area contributed by atoms with Gasteiger partial charge in [0.15, 0.2) is 0 Å². The summed E-state index contributed by atoms with van der Waals surface area (Å²) in [7, 11) is 0. The van der Waals surface area contributed by atoms with Crippen molar-refractivity contribution in [3.63, 3.8) is 0 Å². The predicted octanol–water partition coefficient (Wildman–Crippen LogP) is 5.59. The van der Waals surface area contributed by atoms with Crippen molar-refractivity contribution < 1.29 is 14.4 Å². The Balaban J connectivity index is 1.73. The van der Waals surface area contributed by atoms with Crippen LogP contribution in [0, 0.1) is 0 Å². The number of carbonyl (C=O) groups excluding carboxylic acids is 3. The Morgan fingerprint density at radius 2 is 1.17 bits per heavy atom. The molecule has 0 bridgehead atoms. The van der Waals surface area contributed by atoms with Crippen LogP contribution in [0.5, 0.6) is 0 Å². The molecule has 0 saturated heterocycles. The van der Waals surface area contributed by atoms with E-state index in [9.17, 15) is 14.4 Å². The van der Waals surface area contributed by atoms with Crippen molar-refractivity contribution in [1.82, 2.24) is 9.78 Å². The first-order valence-corrected chi connectivity index (χ1v) is 11.4. The first-order chi connectivity index (χ1) is 17.6. The zero-order chi connectivity index (χ0) is 24.9. The standard InChI is InChI=1S/C30H21N3O3/c34-28(22-15-7-2-8-16-22)26-25(29(35)30(36)31-23-17-9-3-10-18-23)27(21-13-5-1-6-14-21)33(32-26)24-19-11-4-12-20-24/h1-20H,(H,31,36). The fourth-order valence-corrected chi connectivity index (χ4v) is 3.96. The number of nitrogens with one attached hydrogen (secondary N) is 1. The van der Waals surface area contributed by atoms with Gasteiger partial charge in [0.25, 0.3) is 11.7 Å². The van der Waals surface area contributed by atoms with Crippen molar-refractivity contribution in [1.29, 1.82) is 0 Å². The largest absolute Gasteiger partial charge is 0.319 e. The number of ketones is 2. The quantitative estimate of drug-likeness (QED) is 0.248. The van der Waals surface area contributed by atoms with E-state index in [2.05, 4.69) is 10.4 Å². The van der Waals surface area contributed by atoms with Crippen LogP contribution in [0.1, 0.15) is 26.4 Å². The molecule has 6 nitrogen and oxygen atoms in total. The molecule has 0 spiro atoms. The summed E-state index contributed by atoms with van der Waals surface area (Å²) < 4.78 is 1.55. The topological polar surface area (TPSA) is 81.1 Å². The van der Waals surface area contributed by atoms with Crippen molar-refractivity contribution in [2.24, 2.45) is 0 Å². The number of nitrogens with zero attached hydrogens (tertiary/aromatic N) is 2. The van der Waals surface area contributed by atoms with Gasteiger partial charge in [-0.05, 0) is 24.3 Å². The Labute approximate surface area is 207 Å². The number of carbonyl (C=O) groups is 3. The number of amides is 1. The lowest BCUT2D eigenvalue weighted by atomic mass is 9.97. The molecular formula is C30H21N3O3. The highest BCUT2D eigenvalue weighted by molar-refractivity contribution is 6.48. The van der Waals surface area contributed by atoms with Crippen LogP contribution in [-0.4, -0.2) is 27.3 Å². The Kier molecular flexibility index (Phi) is 6.32. The van der Waals surface area contributed by atoms with Crippen molar-refractivity contribution >= 4 is 23.2 Å². The molecule has 1 N–H and O–H groups in total. The minimum atomic E-state index is -0.854. The van der Waals surface area contributed by atoms with Crippen LogP contribution in [0.15, 0.2) is 121 Å². The molecule has 5 rings (SSSR count). The second-order valence-corrected chi connectivity index (χ2v) is 8.03. The number of para-hydroxylation sites is 2. The molecule has 5 aromatic rings. The van der Waals surface area contributed by atoms with Crippen LogP contribution in [0.4, 0.5) is 5.69 Å². The molecule has 0 atom stereocenters. The van der Waals surface area contributed by atoms with Crippen molar-refractivity contribution in [3.05, 3.63) is 138 Å². The highest BCUT2D eigenvalue weighted by atomic mass is 16.2. The Morgan fingerprint density at radius 3 is 1.78 bits per heavy atom. The van der Waals surface area contributed by atoms with Crippen LogP contribution < -0.4 is 5.32 Å². The third kappa shape index (κ3) is 4.48. The first-order valence-electron chi connectivity index (χ1n) is 11.4. The number of anilines is 1. The van der Waals surface area contributed by atoms with Crippen LogP contribution in [0.3, 0.4) is 0 Å². The fourth-order valence-electron chi connectivity index (χ4n) is 3.96. The zero-order valence-electron chi connectivity index (χ0n) is 19.2. The molecule has 174 valence electrons. The van der Waals surface area contributed by atoms with E-state index in [4.69, 9.17) is 0 Å². The molecule has 0 aliphatic heterocycles. The molecule has 1 amide bonds. The normalized spacial score (nSPS) is 10.6.